The van der Waals surface area contributed by atoms with E-state index in [-0.39, 0.29) is 12.0 Å². The highest BCUT2D eigenvalue weighted by Crippen LogP contribution is 2.22. The summed E-state index contributed by atoms with van der Waals surface area (Å²) < 4.78 is 11.4. The van der Waals surface area contributed by atoms with Crippen LogP contribution in [0.25, 0.3) is 11.0 Å². The molecule has 1 aromatic carbocycles. The van der Waals surface area contributed by atoms with E-state index in [0.717, 1.165) is 17.4 Å². The summed E-state index contributed by atoms with van der Waals surface area (Å²) in [5, 5.41) is 0.933. The third-order valence-electron chi connectivity index (χ3n) is 3.90. The van der Waals surface area contributed by atoms with Crippen LogP contribution < -0.4 is 4.74 Å². The first kappa shape index (κ1) is 13.8. The van der Waals surface area contributed by atoms with Crippen LogP contribution in [0.3, 0.4) is 0 Å². The zero-order valence-electron chi connectivity index (χ0n) is 12.4. The maximum absolute atomic E-state index is 12.6. The van der Waals surface area contributed by atoms with E-state index in [1.807, 2.05) is 24.3 Å². The summed E-state index contributed by atoms with van der Waals surface area (Å²) in [6.07, 6.45) is 5.45. The van der Waals surface area contributed by atoms with Crippen LogP contribution in [0.2, 0.25) is 0 Å². The molecule has 4 rings (SSSR count). The molecule has 1 aliphatic rings. The molecule has 23 heavy (non-hydrogen) atoms. The lowest BCUT2D eigenvalue weighted by Gasteiger charge is -2.15. The fourth-order valence-corrected chi connectivity index (χ4v) is 2.77. The first-order chi connectivity index (χ1) is 11.3. The highest BCUT2D eigenvalue weighted by atomic mass is 16.5. The Balaban J connectivity index is 1.45. The molecule has 0 N–H and O–H groups in total. The largest absolute Gasteiger partial charge is 0.471 e. The second-order valence-corrected chi connectivity index (χ2v) is 5.47. The number of fused-ring (bicyclic) bond motifs is 1. The lowest BCUT2D eigenvalue weighted by molar-refractivity contribution is 0.0742. The monoisotopic (exact) mass is 309 g/mol. The number of amides is 1. The number of aromatic nitrogens is 2. The number of carbonyl (C=O) groups is 1. The molecule has 1 amide bonds. The van der Waals surface area contributed by atoms with Crippen molar-refractivity contribution in [2.24, 2.45) is 0 Å². The van der Waals surface area contributed by atoms with Gasteiger partial charge in [-0.3, -0.25) is 9.78 Å². The number of carbonyl (C=O) groups excluding carboxylic acids is 1. The first-order valence-corrected chi connectivity index (χ1v) is 7.50. The number of ether oxygens (including phenoxy) is 1. The van der Waals surface area contributed by atoms with Crippen molar-refractivity contribution in [3.8, 4) is 5.88 Å². The highest BCUT2D eigenvalue weighted by Gasteiger charge is 2.30. The van der Waals surface area contributed by atoms with Gasteiger partial charge in [-0.05, 0) is 12.1 Å². The van der Waals surface area contributed by atoms with Gasteiger partial charge in [-0.15, -0.1) is 0 Å². The maximum Gasteiger partial charge on any atom is 0.289 e. The van der Waals surface area contributed by atoms with Gasteiger partial charge in [-0.1, -0.05) is 18.2 Å². The summed E-state index contributed by atoms with van der Waals surface area (Å²) in [6, 6.07) is 9.39. The average molecular weight is 309 g/mol. The van der Waals surface area contributed by atoms with Gasteiger partial charge in [-0.25, -0.2) is 4.98 Å². The van der Waals surface area contributed by atoms with Gasteiger partial charge in [0.2, 0.25) is 5.88 Å². The molecule has 0 bridgehead atoms. The van der Waals surface area contributed by atoms with Gasteiger partial charge in [0.25, 0.3) is 5.91 Å². The number of benzene rings is 1. The molecule has 1 saturated heterocycles. The summed E-state index contributed by atoms with van der Waals surface area (Å²) in [4.78, 5) is 22.4. The minimum Gasteiger partial charge on any atom is -0.471 e. The zero-order chi connectivity index (χ0) is 15.6. The van der Waals surface area contributed by atoms with Crippen molar-refractivity contribution in [1.29, 1.82) is 0 Å². The smallest absolute Gasteiger partial charge is 0.289 e. The molecule has 2 aromatic heterocycles. The summed E-state index contributed by atoms with van der Waals surface area (Å²) in [6.45, 7) is 1.16. The van der Waals surface area contributed by atoms with Crippen molar-refractivity contribution < 1.29 is 13.9 Å². The van der Waals surface area contributed by atoms with E-state index in [4.69, 9.17) is 9.15 Å². The van der Waals surface area contributed by atoms with E-state index in [1.54, 1.807) is 29.6 Å². The standard InChI is InChI=1S/C17H15N3O3/c21-17(15-9-12-3-1-2-4-14(12)23-15)20-8-5-13(11-20)22-16-10-18-6-7-19-16/h1-4,6-7,9-10,13H,5,8,11H2. The number of hydrogen-bond acceptors (Lipinski definition) is 5. The molecule has 116 valence electrons. The molecule has 1 fully saturated rings. The minimum atomic E-state index is -0.105. The van der Waals surface area contributed by atoms with Crippen LogP contribution in [0, 0.1) is 0 Å². The average Bonchev–Trinajstić information content (AvgIpc) is 3.21. The fourth-order valence-electron chi connectivity index (χ4n) is 2.77. The topological polar surface area (TPSA) is 68.5 Å². The molecule has 0 aliphatic carbocycles. The van der Waals surface area contributed by atoms with Gasteiger partial charge in [-0.2, -0.15) is 0 Å². The number of likely N-dealkylation sites (tertiary alicyclic amines) is 1. The molecule has 6 heteroatoms. The van der Waals surface area contributed by atoms with E-state index in [9.17, 15) is 4.79 Å². The molecule has 3 heterocycles. The minimum absolute atomic E-state index is 0.0694. The quantitative estimate of drug-likeness (QED) is 0.743. The molecule has 0 saturated carbocycles. The molecule has 6 nitrogen and oxygen atoms in total. The Bertz CT molecular complexity index is 798. The Hall–Kier alpha value is -2.89. The van der Waals surface area contributed by atoms with Crippen LogP contribution in [-0.4, -0.2) is 40.0 Å². The van der Waals surface area contributed by atoms with Crippen LogP contribution in [0.5, 0.6) is 5.88 Å². The molecule has 1 unspecified atom stereocenters. The van der Waals surface area contributed by atoms with Gasteiger partial charge in [0.05, 0.1) is 12.7 Å². The predicted molar refractivity (Wildman–Crippen MR) is 83.2 cm³/mol. The van der Waals surface area contributed by atoms with Crippen molar-refractivity contribution in [2.45, 2.75) is 12.5 Å². The van der Waals surface area contributed by atoms with E-state index >= 15 is 0 Å². The Morgan fingerprint density at radius 2 is 2.22 bits per heavy atom. The summed E-state index contributed by atoms with van der Waals surface area (Å²) >= 11 is 0. The molecule has 1 atom stereocenters. The zero-order valence-corrected chi connectivity index (χ0v) is 12.4. The molecule has 3 aromatic rings. The lowest BCUT2D eigenvalue weighted by Crippen LogP contribution is -2.30. The van der Waals surface area contributed by atoms with Crippen LogP contribution in [0.15, 0.2) is 53.3 Å². The molecular weight excluding hydrogens is 294 g/mol. The SMILES string of the molecule is O=C(c1cc2ccccc2o1)N1CCC(Oc2cnccn2)C1. The van der Waals surface area contributed by atoms with Gasteiger partial charge in [0, 0.05) is 30.7 Å². The van der Waals surface area contributed by atoms with Crippen LogP contribution in [0.4, 0.5) is 0 Å². The summed E-state index contributed by atoms with van der Waals surface area (Å²) in [5.74, 6) is 0.744. The fraction of sp³-hybridized carbons (Fsp3) is 0.235. The van der Waals surface area contributed by atoms with E-state index < -0.39 is 0 Å². The first-order valence-electron chi connectivity index (χ1n) is 7.50. The molecule has 0 spiro atoms. The Kier molecular flexibility index (Phi) is 3.42. The number of rotatable bonds is 3. The number of para-hydroxylation sites is 1. The summed E-state index contributed by atoms with van der Waals surface area (Å²) in [5.41, 5.74) is 0.724. The van der Waals surface area contributed by atoms with Crippen molar-refractivity contribution in [2.75, 3.05) is 13.1 Å². The van der Waals surface area contributed by atoms with Crippen molar-refractivity contribution in [1.82, 2.24) is 14.9 Å². The molecular formula is C17H15N3O3. The van der Waals surface area contributed by atoms with E-state index in [2.05, 4.69) is 9.97 Å². The highest BCUT2D eigenvalue weighted by molar-refractivity contribution is 5.96. The molecule has 1 aliphatic heterocycles. The van der Waals surface area contributed by atoms with Crippen LogP contribution in [-0.2, 0) is 0 Å². The van der Waals surface area contributed by atoms with Gasteiger partial charge < -0.3 is 14.1 Å². The van der Waals surface area contributed by atoms with Gasteiger partial charge >= 0.3 is 0 Å². The van der Waals surface area contributed by atoms with Crippen molar-refractivity contribution >= 4 is 16.9 Å². The predicted octanol–water partition coefficient (Wildman–Crippen LogP) is 2.52. The third-order valence-corrected chi connectivity index (χ3v) is 3.90. The van der Waals surface area contributed by atoms with Crippen LogP contribution >= 0.6 is 0 Å². The van der Waals surface area contributed by atoms with Gasteiger partial charge in [0.1, 0.15) is 11.7 Å². The van der Waals surface area contributed by atoms with E-state index in [1.165, 1.54) is 0 Å². The van der Waals surface area contributed by atoms with Crippen molar-refractivity contribution in [3.05, 3.63) is 54.7 Å². The number of nitrogens with zero attached hydrogens (tertiary/aromatic N) is 3. The third kappa shape index (κ3) is 2.75. The maximum atomic E-state index is 12.6. The number of furan rings is 1. The Morgan fingerprint density at radius 3 is 3.04 bits per heavy atom. The van der Waals surface area contributed by atoms with Crippen molar-refractivity contribution in [3.63, 3.8) is 0 Å². The lowest BCUT2D eigenvalue weighted by atomic mass is 10.2. The Labute approximate surface area is 132 Å². The normalized spacial score (nSPS) is 17.6. The molecule has 0 radical (unpaired) electrons. The second-order valence-electron chi connectivity index (χ2n) is 5.47. The van der Waals surface area contributed by atoms with Crippen LogP contribution in [0.1, 0.15) is 17.0 Å². The second kappa shape index (κ2) is 5.72. The van der Waals surface area contributed by atoms with Gasteiger partial charge in [0.15, 0.2) is 5.76 Å². The summed E-state index contributed by atoms with van der Waals surface area (Å²) in [7, 11) is 0. The Morgan fingerprint density at radius 1 is 1.30 bits per heavy atom. The van der Waals surface area contributed by atoms with E-state index in [0.29, 0.717) is 24.7 Å². The number of hydrogen-bond donors (Lipinski definition) is 0.